The minimum absolute atomic E-state index is 0.199. The van der Waals surface area contributed by atoms with Crippen molar-refractivity contribution >= 4 is 0 Å². The zero-order chi connectivity index (χ0) is 9.23. The highest BCUT2D eigenvalue weighted by molar-refractivity contribution is 4.88. The lowest BCUT2D eigenvalue weighted by molar-refractivity contribution is 0.181. The summed E-state index contributed by atoms with van der Waals surface area (Å²) < 4.78 is 0. The molecule has 0 aromatic heterocycles. The van der Waals surface area contributed by atoms with Crippen LogP contribution < -0.4 is 0 Å². The van der Waals surface area contributed by atoms with Gasteiger partial charge in [0.2, 0.25) is 0 Å². The van der Waals surface area contributed by atoms with Gasteiger partial charge >= 0.3 is 0 Å². The molecule has 0 aromatic rings. The Labute approximate surface area is 75.8 Å². The molecule has 0 radical (unpaired) electrons. The van der Waals surface area contributed by atoms with Crippen LogP contribution in [-0.4, -0.2) is 11.2 Å². The highest BCUT2D eigenvalue weighted by atomic mass is 16.3. The van der Waals surface area contributed by atoms with Crippen molar-refractivity contribution in [1.82, 2.24) is 0 Å². The molecule has 0 saturated carbocycles. The standard InChI is InChI=1S/C11H20O/c1-3-5-7-9-11(12)10-8-6-4-2/h5-8,11-12H,3-4,9-10H2,1-2H3/b7-5-,8-6-. The fourth-order valence-electron chi connectivity index (χ4n) is 0.936. The molecule has 0 aromatic carbocycles. The van der Waals surface area contributed by atoms with Crippen LogP contribution in [0, 0.1) is 0 Å². The number of rotatable bonds is 6. The fourth-order valence-corrected chi connectivity index (χ4v) is 0.936. The smallest absolute Gasteiger partial charge is 0.0609 e. The predicted octanol–water partition coefficient (Wildman–Crippen LogP) is 3.06. The van der Waals surface area contributed by atoms with E-state index in [-0.39, 0.29) is 6.10 Å². The van der Waals surface area contributed by atoms with E-state index in [1.165, 1.54) is 0 Å². The lowest BCUT2D eigenvalue weighted by Gasteiger charge is -2.02. The van der Waals surface area contributed by atoms with Crippen molar-refractivity contribution in [2.75, 3.05) is 0 Å². The first-order valence-corrected chi connectivity index (χ1v) is 4.79. The second-order valence-corrected chi connectivity index (χ2v) is 2.88. The number of hydrogen-bond donors (Lipinski definition) is 1. The summed E-state index contributed by atoms with van der Waals surface area (Å²) >= 11 is 0. The maximum Gasteiger partial charge on any atom is 0.0609 e. The lowest BCUT2D eigenvalue weighted by Crippen LogP contribution is -2.02. The third kappa shape index (κ3) is 7.55. The summed E-state index contributed by atoms with van der Waals surface area (Å²) in [4.78, 5) is 0. The second kappa shape index (κ2) is 8.54. The highest BCUT2D eigenvalue weighted by Gasteiger charge is 1.96. The van der Waals surface area contributed by atoms with E-state index in [0.717, 1.165) is 25.7 Å². The summed E-state index contributed by atoms with van der Waals surface area (Å²) in [5.41, 5.74) is 0. The second-order valence-electron chi connectivity index (χ2n) is 2.88. The fraction of sp³-hybridized carbons (Fsp3) is 0.636. The first-order valence-electron chi connectivity index (χ1n) is 4.79. The summed E-state index contributed by atoms with van der Waals surface area (Å²) in [6.07, 6.45) is 11.7. The van der Waals surface area contributed by atoms with E-state index in [0.29, 0.717) is 0 Å². The van der Waals surface area contributed by atoms with Crippen molar-refractivity contribution in [2.45, 2.75) is 45.6 Å². The molecule has 70 valence electrons. The Morgan fingerprint density at radius 1 is 0.917 bits per heavy atom. The Morgan fingerprint density at radius 3 is 1.67 bits per heavy atom. The summed E-state index contributed by atoms with van der Waals surface area (Å²) in [6.45, 7) is 4.19. The van der Waals surface area contributed by atoms with Gasteiger partial charge in [0.25, 0.3) is 0 Å². The van der Waals surface area contributed by atoms with Gasteiger partial charge < -0.3 is 5.11 Å². The van der Waals surface area contributed by atoms with Crippen LogP contribution >= 0.6 is 0 Å². The molecule has 0 atom stereocenters. The van der Waals surface area contributed by atoms with Gasteiger partial charge in [-0.2, -0.15) is 0 Å². The van der Waals surface area contributed by atoms with Crippen LogP contribution in [0.2, 0.25) is 0 Å². The largest absolute Gasteiger partial charge is 0.392 e. The third-order valence-corrected chi connectivity index (χ3v) is 1.62. The molecular formula is C11H20O. The average Bonchev–Trinajstić information content (AvgIpc) is 2.06. The van der Waals surface area contributed by atoms with E-state index in [1.54, 1.807) is 0 Å². The molecule has 0 rings (SSSR count). The molecule has 0 unspecified atom stereocenters. The molecule has 1 nitrogen and oxygen atoms in total. The molecule has 0 heterocycles. The van der Waals surface area contributed by atoms with Crippen LogP contribution in [0.4, 0.5) is 0 Å². The van der Waals surface area contributed by atoms with E-state index < -0.39 is 0 Å². The minimum atomic E-state index is -0.199. The Morgan fingerprint density at radius 2 is 1.33 bits per heavy atom. The molecule has 12 heavy (non-hydrogen) atoms. The summed E-state index contributed by atoms with van der Waals surface area (Å²) in [5.74, 6) is 0. The first-order chi connectivity index (χ1) is 5.81. The van der Waals surface area contributed by atoms with E-state index in [9.17, 15) is 5.11 Å². The van der Waals surface area contributed by atoms with Crippen LogP contribution in [0.3, 0.4) is 0 Å². The van der Waals surface area contributed by atoms with Crippen molar-refractivity contribution < 1.29 is 5.11 Å². The van der Waals surface area contributed by atoms with Crippen molar-refractivity contribution in [3.05, 3.63) is 24.3 Å². The van der Waals surface area contributed by atoms with Crippen molar-refractivity contribution in [3.8, 4) is 0 Å². The van der Waals surface area contributed by atoms with Gasteiger partial charge in [0.05, 0.1) is 6.10 Å². The van der Waals surface area contributed by atoms with Gasteiger partial charge in [0.1, 0.15) is 0 Å². The molecule has 0 aliphatic heterocycles. The van der Waals surface area contributed by atoms with E-state index >= 15 is 0 Å². The van der Waals surface area contributed by atoms with Crippen LogP contribution in [0.15, 0.2) is 24.3 Å². The molecule has 1 heteroatoms. The predicted molar refractivity (Wildman–Crippen MR) is 54.1 cm³/mol. The van der Waals surface area contributed by atoms with Crippen LogP contribution in [0.5, 0.6) is 0 Å². The topological polar surface area (TPSA) is 20.2 Å². The SMILES string of the molecule is CC/C=C\CC(O)C/C=C\CC. The zero-order valence-electron chi connectivity index (χ0n) is 8.16. The molecule has 0 aliphatic rings. The molecule has 0 fully saturated rings. The Kier molecular flexibility index (Phi) is 8.14. The van der Waals surface area contributed by atoms with Crippen molar-refractivity contribution in [1.29, 1.82) is 0 Å². The average molecular weight is 168 g/mol. The highest BCUT2D eigenvalue weighted by Crippen LogP contribution is 2.01. The first kappa shape index (κ1) is 11.4. The molecule has 0 bridgehead atoms. The normalized spacial score (nSPS) is 12.3. The van der Waals surface area contributed by atoms with Gasteiger partial charge in [-0.15, -0.1) is 0 Å². The Bertz CT molecular complexity index is 120. The van der Waals surface area contributed by atoms with Crippen molar-refractivity contribution in [2.24, 2.45) is 0 Å². The van der Waals surface area contributed by atoms with E-state index in [4.69, 9.17) is 0 Å². The van der Waals surface area contributed by atoms with Gasteiger partial charge in [-0.1, -0.05) is 38.2 Å². The summed E-state index contributed by atoms with van der Waals surface area (Å²) in [7, 11) is 0. The quantitative estimate of drug-likeness (QED) is 0.604. The van der Waals surface area contributed by atoms with Gasteiger partial charge in [-0.25, -0.2) is 0 Å². The Balaban J connectivity index is 3.39. The van der Waals surface area contributed by atoms with Crippen LogP contribution in [0.1, 0.15) is 39.5 Å². The van der Waals surface area contributed by atoms with Gasteiger partial charge in [-0.3, -0.25) is 0 Å². The number of aliphatic hydroxyl groups is 1. The monoisotopic (exact) mass is 168 g/mol. The molecule has 0 saturated heterocycles. The zero-order valence-corrected chi connectivity index (χ0v) is 8.16. The lowest BCUT2D eigenvalue weighted by atomic mass is 10.1. The van der Waals surface area contributed by atoms with Gasteiger partial charge in [0, 0.05) is 0 Å². The number of allylic oxidation sites excluding steroid dienone is 2. The Hall–Kier alpha value is -0.560. The maximum atomic E-state index is 9.40. The summed E-state index contributed by atoms with van der Waals surface area (Å²) in [6, 6.07) is 0. The molecule has 0 spiro atoms. The molecule has 0 aliphatic carbocycles. The van der Waals surface area contributed by atoms with Crippen molar-refractivity contribution in [3.63, 3.8) is 0 Å². The van der Waals surface area contributed by atoms with Crippen LogP contribution in [-0.2, 0) is 0 Å². The number of aliphatic hydroxyl groups excluding tert-OH is 1. The minimum Gasteiger partial charge on any atom is -0.392 e. The third-order valence-electron chi connectivity index (χ3n) is 1.62. The molecule has 0 amide bonds. The van der Waals surface area contributed by atoms with Gasteiger partial charge in [-0.05, 0) is 25.7 Å². The molecule has 1 N–H and O–H groups in total. The van der Waals surface area contributed by atoms with E-state index in [1.807, 2.05) is 12.2 Å². The summed E-state index contributed by atoms with van der Waals surface area (Å²) in [5, 5.41) is 9.40. The van der Waals surface area contributed by atoms with E-state index in [2.05, 4.69) is 26.0 Å². The molecular weight excluding hydrogens is 148 g/mol. The maximum absolute atomic E-state index is 9.40. The van der Waals surface area contributed by atoms with Gasteiger partial charge in [0.15, 0.2) is 0 Å². The number of hydrogen-bond acceptors (Lipinski definition) is 1. The van der Waals surface area contributed by atoms with Crippen LogP contribution in [0.25, 0.3) is 0 Å².